The van der Waals surface area contributed by atoms with Crippen molar-refractivity contribution in [3.63, 3.8) is 0 Å². The maximum atomic E-state index is 13.7. The van der Waals surface area contributed by atoms with Crippen molar-refractivity contribution in [3.05, 3.63) is 113 Å². The van der Waals surface area contributed by atoms with Crippen LogP contribution in [0.3, 0.4) is 0 Å². The van der Waals surface area contributed by atoms with Gasteiger partial charge in [0, 0.05) is 29.0 Å². The van der Waals surface area contributed by atoms with E-state index < -0.39 is 0 Å². The van der Waals surface area contributed by atoms with Crippen molar-refractivity contribution in [2.45, 2.75) is 39.8 Å². The Kier molecular flexibility index (Phi) is 5.70. The fourth-order valence-electron chi connectivity index (χ4n) is 4.97. The molecule has 4 aromatic rings. The summed E-state index contributed by atoms with van der Waals surface area (Å²) >= 11 is 5.81. The van der Waals surface area contributed by atoms with Gasteiger partial charge in [-0.1, -0.05) is 18.2 Å². The molecule has 0 radical (unpaired) electrons. The number of aryl methyl sites for hydroxylation is 3. The van der Waals surface area contributed by atoms with Crippen LogP contribution in [0.15, 0.2) is 72.9 Å². The Bertz CT molecular complexity index is 1360. The van der Waals surface area contributed by atoms with Gasteiger partial charge in [-0.05, 0) is 105 Å². The SMILES string of the molecule is Cc1ccc(C)c(-n2c(C)cc([C@H]3[C@H](c4ccccn4)NC(=S)N3c3ccc(F)cc3)c2C)c1. The summed E-state index contributed by atoms with van der Waals surface area (Å²) in [6, 6.07) is 20.9. The van der Waals surface area contributed by atoms with E-state index in [2.05, 4.69) is 71.7 Å². The van der Waals surface area contributed by atoms with E-state index in [4.69, 9.17) is 12.2 Å². The highest BCUT2D eigenvalue weighted by Gasteiger charge is 2.42. The number of nitrogens with zero attached hydrogens (tertiary/aromatic N) is 3. The molecule has 6 heteroatoms. The Balaban J connectivity index is 1.70. The van der Waals surface area contributed by atoms with Gasteiger partial charge in [0.2, 0.25) is 0 Å². The van der Waals surface area contributed by atoms with E-state index in [0.717, 1.165) is 28.3 Å². The fraction of sp³-hybridized carbons (Fsp3) is 0.214. The van der Waals surface area contributed by atoms with Gasteiger partial charge in [0.1, 0.15) is 5.82 Å². The van der Waals surface area contributed by atoms with E-state index in [1.54, 1.807) is 18.3 Å². The van der Waals surface area contributed by atoms with Crippen molar-refractivity contribution in [2.75, 3.05) is 4.90 Å². The molecule has 172 valence electrons. The minimum Gasteiger partial charge on any atom is -0.351 e. The number of halogens is 1. The number of rotatable bonds is 4. The molecule has 34 heavy (non-hydrogen) atoms. The van der Waals surface area contributed by atoms with Crippen LogP contribution in [0.5, 0.6) is 0 Å². The second-order valence-corrected chi connectivity index (χ2v) is 9.31. The molecule has 3 heterocycles. The first-order valence-corrected chi connectivity index (χ1v) is 11.8. The predicted molar refractivity (Wildman–Crippen MR) is 139 cm³/mol. The van der Waals surface area contributed by atoms with Gasteiger partial charge in [0.25, 0.3) is 0 Å². The number of pyridine rings is 1. The van der Waals surface area contributed by atoms with Gasteiger partial charge in [-0.3, -0.25) is 4.98 Å². The van der Waals surface area contributed by atoms with Gasteiger partial charge in [0.15, 0.2) is 5.11 Å². The minimum absolute atomic E-state index is 0.141. The fourth-order valence-corrected chi connectivity index (χ4v) is 5.31. The topological polar surface area (TPSA) is 33.1 Å². The van der Waals surface area contributed by atoms with Gasteiger partial charge in [-0.15, -0.1) is 0 Å². The van der Waals surface area contributed by atoms with Crippen molar-refractivity contribution in [1.29, 1.82) is 0 Å². The van der Waals surface area contributed by atoms with E-state index in [1.807, 2.05) is 18.2 Å². The van der Waals surface area contributed by atoms with Gasteiger partial charge in [-0.25, -0.2) is 4.39 Å². The normalized spacial score (nSPS) is 17.8. The third-order valence-electron chi connectivity index (χ3n) is 6.60. The molecule has 1 N–H and O–H groups in total. The lowest BCUT2D eigenvalue weighted by atomic mass is 9.96. The molecule has 1 saturated heterocycles. The van der Waals surface area contributed by atoms with Gasteiger partial charge in [-0.2, -0.15) is 0 Å². The van der Waals surface area contributed by atoms with Crippen LogP contribution in [0.4, 0.5) is 10.1 Å². The molecule has 1 fully saturated rings. The van der Waals surface area contributed by atoms with E-state index in [0.29, 0.717) is 5.11 Å². The van der Waals surface area contributed by atoms with Crippen LogP contribution in [0.25, 0.3) is 5.69 Å². The summed E-state index contributed by atoms with van der Waals surface area (Å²) in [4.78, 5) is 6.73. The van der Waals surface area contributed by atoms with E-state index in [-0.39, 0.29) is 17.9 Å². The van der Waals surface area contributed by atoms with E-state index >= 15 is 0 Å². The maximum absolute atomic E-state index is 13.7. The smallest absolute Gasteiger partial charge is 0.174 e. The van der Waals surface area contributed by atoms with Gasteiger partial charge >= 0.3 is 0 Å². The number of benzene rings is 2. The number of hydrogen-bond donors (Lipinski definition) is 1. The second kappa shape index (κ2) is 8.69. The molecular formula is C28H27FN4S. The molecule has 0 saturated carbocycles. The highest BCUT2D eigenvalue weighted by atomic mass is 32.1. The summed E-state index contributed by atoms with van der Waals surface area (Å²) < 4.78 is 16.0. The van der Waals surface area contributed by atoms with Crippen LogP contribution >= 0.6 is 12.2 Å². The molecule has 0 amide bonds. The molecule has 5 rings (SSSR count). The Morgan fingerprint density at radius 1 is 0.941 bits per heavy atom. The zero-order valence-corrected chi connectivity index (χ0v) is 20.5. The molecule has 0 spiro atoms. The van der Waals surface area contributed by atoms with Gasteiger partial charge in [0.05, 0.1) is 17.8 Å². The van der Waals surface area contributed by atoms with Crippen LogP contribution in [0, 0.1) is 33.5 Å². The van der Waals surface area contributed by atoms with Crippen molar-refractivity contribution in [3.8, 4) is 5.69 Å². The van der Waals surface area contributed by atoms with Crippen molar-refractivity contribution < 1.29 is 4.39 Å². The summed E-state index contributed by atoms with van der Waals surface area (Å²) in [5.74, 6) is -0.271. The van der Waals surface area contributed by atoms with Crippen molar-refractivity contribution >= 4 is 23.0 Å². The van der Waals surface area contributed by atoms with Crippen LogP contribution < -0.4 is 10.2 Å². The Morgan fingerprint density at radius 3 is 2.41 bits per heavy atom. The maximum Gasteiger partial charge on any atom is 0.174 e. The highest BCUT2D eigenvalue weighted by molar-refractivity contribution is 7.80. The number of nitrogens with one attached hydrogen (secondary N) is 1. The number of aromatic nitrogens is 2. The molecule has 4 nitrogen and oxygen atoms in total. The minimum atomic E-state index is -0.271. The summed E-state index contributed by atoms with van der Waals surface area (Å²) in [7, 11) is 0. The predicted octanol–water partition coefficient (Wildman–Crippen LogP) is 6.42. The lowest BCUT2D eigenvalue weighted by molar-refractivity contribution is 0.565. The van der Waals surface area contributed by atoms with E-state index in [1.165, 1.54) is 28.9 Å². The monoisotopic (exact) mass is 470 g/mol. The average Bonchev–Trinajstić information content (AvgIpc) is 3.32. The largest absolute Gasteiger partial charge is 0.351 e. The third kappa shape index (κ3) is 3.78. The summed E-state index contributed by atoms with van der Waals surface area (Å²) in [5, 5.41) is 4.09. The average molecular weight is 471 g/mol. The molecule has 2 atom stereocenters. The van der Waals surface area contributed by atoms with Crippen LogP contribution in [-0.4, -0.2) is 14.7 Å². The Hall–Kier alpha value is -3.51. The quantitative estimate of drug-likeness (QED) is 0.349. The summed E-state index contributed by atoms with van der Waals surface area (Å²) in [6.45, 7) is 8.55. The number of thiocarbonyl (C=S) groups is 1. The molecule has 0 unspecified atom stereocenters. The second-order valence-electron chi connectivity index (χ2n) is 8.92. The Morgan fingerprint density at radius 2 is 1.71 bits per heavy atom. The lowest BCUT2D eigenvalue weighted by Gasteiger charge is -2.28. The van der Waals surface area contributed by atoms with Gasteiger partial charge < -0.3 is 14.8 Å². The standard InChI is InChI=1S/C28H27FN4S/c1-17-8-9-18(2)25(15-17)32-19(3)16-23(20(32)4)27-26(24-7-5-6-14-30-24)31-28(34)33(27)22-12-10-21(29)11-13-22/h5-16,26-27H,1-4H3,(H,31,34)/t26-,27-/m0/s1. The zero-order valence-electron chi connectivity index (χ0n) is 19.7. The first-order valence-electron chi connectivity index (χ1n) is 11.4. The molecular weight excluding hydrogens is 443 g/mol. The molecule has 0 aliphatic carbocycles. The first kappa shape index (κ1) is 22.3. The van der Waals surface area contributed by atoms with E-state index in [9.17, 15) is 4.39 Å². The number of anilines is 1. The summed E-state index contributed by atoms with van der Waals surface area (Å²) in [5.41, 5.74) is 8.83. The summed E-state index contributed by atoms with van der Waals surface area (Å²) in [6.07, 6.45) is 1.80. The third-order valence-corrected chi connectivity index (χ3v) is 6.91. The zero-order chi connectivity index (χ0) is 24.0. The molecule has 0 bridgehead atoms. The first-order chi connectivity index (χ1) is 16.3. The van der Waals surface area contributed by atoms with Crippen molar-refractivity contribution in [2.24, 2.45) is 0 Å². The van der Waals surface area contributed by atoms with Crippen molar-refractivity contribution in [1.82, 2.24) is 14.9 Å². The number of hydrogen-bond acceptors (Lipinski definition) is 2. The molecule has 1 aliphatic rings. The molecule has 1 aliphatic heterocycles. The lowest BCUT2D eigenvalue weighted by Crippen LogP contribution is -2.29. The highest BCUT2D eigenvalue weighted by Crippen LogP contribution is 2.43. The van der Waals surface area contributed by atoms with Crippen LogP contribution in [0.1, 0.15) is 45.9 Å². The molecule has 2 aromatic carbocycles. The van der Waals surface area contributed by atoms with Crippen LogP contribution in [-0.2, 0) is 0 Å². The molecule has 2 aromatic heterocycles. The Labute approximate surface area is 205 Å². The van der Waals surface area contributed by atoms with Crippen LogP contribution in [0.2, 0.25) is 0 Å².